The lowest BCUT2D eigenvalue weighted by Gasteiger charge is -2.14. The predicted molar refractivity (Wildman–Crippen MR) is 67.7 cm³/mol. The van der Waals surface area contributed by atoms with Gasteiger partial charge in [-0.1, -0.05) is 20.8 Å². The molecule has 0 aliphatic heterocycles. The van der Waals surface area contributed by atoms with Gasteiger partial charge in [-0.05, 0) is 12.3 Å². The lowest BCUT2D eigenvalue weighted by atomic mass is 10.2. The van der Waals surface area contributed by atoms with E-state index in [1.54, 1.807) is 7.11 Å². The molecule has 0 fully saturated rings. The lowest BCUT2D eigenvalue weighted by molar-refractivity contribution is 0.246. The summed E-state index contributed by atoms with van der Waals surface area (Å²) in [6.07, 6.45) is 2.51. The quantitative estimate of drug-likeness (QED) is 0.791. The average Bonchev–Trinajstić information content (AvgIpc) is 2.33. The molecule has 0 bridgehead atoms. The molecule has 0 spiro atoms. The largest absolute Gasteiger partial charge is 0.489 e. The van der Waals surface area contributed by atoms with Crippen LogP contribution in [0.1, 0.15) is 27.2 Å². The molecule has 0 radical (unpaired) electrons. The molecule has 1 rings (SSSR count). The van der Waals surface area contributed by atoms with Crippen LogP contribution in [-0.4, -0.2) is 30.2 Å². The first-order valence-electron chi connectivity index (χ1n) is 5.94. The number of anilines is 1. The third-order valence-electron chi connectivity index (χ3n) is 2.07. The van der Waals surface area contributed by atoms with Crippen LogP contribution in [0.5, 0.6) is 11.6 Å². The molecule has 17 heavy (non-hydrogen) atoms. The third kappa shape index (κ3) is 4.09. The van der Waals surface area contributed by atoms with Crippen molar-refractivity contribution >= 4 is 5.82 Å². The maximum atomic E-state index is 5.59. The highest BCUT2D eigenvalue weighted by Crippen LogP contribution is 2.30. The Bertz CT molecular complexity index is 343. The second-order valence-corrected chi connectivity index (χ2v) is 4.19. The first-order valence-corrected chi connectivity index (χ1v) is 5.94. The summed E-state index contributed by atoms with van der Waals surface area (Å²) in [5, 5.41) is 3.19. The summed E-state index contributed by atoms with van der Waals surface area (Å²) in [5.74, 6) is 2.20. The fourth-order valence-corrected chi connectivity index (χ4v) is 1.26. The Balaban J connectivity index is 2.81. The van der Waals surface area contributed by atoms with Crippen LogP contribution < -0.4 is 14.8 Å². The molecule has 0 saturated carbocycles. The molecule has 1 N–H and O–H groups in total. The van der Waals surface area contributed by atoms with Crippen LogP contribution in [0.25, 0.3) is 0 Å². The van der Waals surface area contributed by atoms with Crippen LogP contribution in [0.4, 0.5) is 5.82 Å². The molecule has 96 valence electrons. The van der Waals surface area contributed by atoms with Crippen molar-refractivity contribution in [2.24, 2.45) is 5.92 Å². The van der Waals surface area contributed by atoms with Gasteiger partial charge in [0.1, 0.15) is 6.33 Å². The molecule has 1 aromatic rings. The number of hydrogen-bond donors (Lipinski definition) is 1. The topological polar surface area (TPSA) is 56.3 Å². The van der Waals surface area contributed by atoms with Gasteiger partial charge in [-0.25, -0.2) is 4.98 Å². The van der Waals surface area contributed by atoms with Crippen molar-refractivity contribution in [2.45, 2.75) is 27.2 Å². The van der Waals surface area contributed by atoms with E-state index in [0.29, 0.717) is 30.0 Å². The van der Waals surface area contributed by atoms with E-state index < -0.39 is 0 Å². The highest BCUT2D eigenvalue weighted by Gasteiger charge is 2.13. The van der Waals surface area contributed by atoms with Crippen LogP contribution in [-0.2, 0) is 0 Å². The van der Waals surface area contributed by atoms with Gasteiger partial charge in [0.05, 0.1) is 13.7 Å². The van der Waals surface area contributed by atoms with Gasteiger partial charge in [0.25, 0.3) is 5.88 Å². The second-order valence-electron chi connectivity index (χ2n) is 4.19. The Labute approximate surface area is 103 Å². The summed E-state index contributed by atoms with van der Waals surface area (Å²) >= 11 is 0. The maximum Gasteiger partial charge on any atom is 0.262 e. The van der Waals surface area contributed by atoms with Gasteiger partial charge in [-0.2, -0.15) is 4.98 Å². The van der Waals surface area contributed by atoms with Gasteiger partial charge in [0.2, 0.25) is 5.75 Å². The van der Waals surface area contributed by atoms with Crippen molar-refractivity contribution in [3.8, 4) is 11.6 Å². The number of nitrogens with one attached hydrogen (secondary N) is 1. The van der Waals surface area contributed by atoms with Crippen LogP contribution in [0.3, 0.4) is 0 Å². The number of nitrogens with zero attached hydrogens (tertiary/aromatic N) is 2. The van der Waals surface area contributed by atoms with Gasteiger partial charge in [-0.3, -0.25) is 0 Å². The van der Waals surface area contributed by atoms with E-state index in [0.717, 1.165) is 13.0 Å². The zero-order valence-corrected chi connectivity index (χ0v) is 11.0. The Hall–Kier alpha value is -1.52. The Kier molecular flexibility index (Phi) is 5.52. The molecule has 0 aromatic carbocycles. The molecule has 5 heteroatoms. The zero-order valence-electron chi connectivity index (χ0n) is 11.0. The van der Waals surface area contributed by atoms with E-state index in [1.165, 1.54) is 6.33 Å². The average molecular weight is 239 g/mol. The molecular weight excluding hydrogens is 218 g/mol. The number of hydrogen-bond acceptors (Lipinski definition) is 5. The fraction of sp³-hybridized carbons (Fsp3) is 0.667. The maximum absolute atomic E-state index is 5.59. The number of rotatable bonds is 7. The van der Waals surface area contributed by atoms with E-state index in [-0.39, 0.29) is 0 Å². The van der Waals surface area contributed by atoms with Gasteiger partial charge in [0.15, 0.2) is 5.82 Å². The Morgan fingerprint density at radius 1 is 1.35 bits per heavy atom. The molecule has 1 aromatic heterocycles. The summed E-state index contributed by atoms with van der Waals surface area (Å²) in [5.41, 5.74) is 0. The summed E-state index contributed by atoms with van der Waals surface area (Å²) in [6.45, 7) is 7.72. The van der Waals surface area contributed by atoms with Crippen LogP contribution in [0.15, 0.2) is 6.33 Å². The fourth-order valence-electron chi connectivity index (χ4n) is 1.26. The van der Waals surface area contributed by atoms with Crippen LogP contribution in [0, 0.1) is 5.92 Å². The zero-order chi connectivity index (χ0) is 12.7. The van der Waals surface area contributed by atoms with Crippen molar-refractivity contribution in [1.29, 1.82) is 0 Å². The molecule has 0 aliphatic carbocycles. The summed E-state index contributed by atoms with van der Waals surface area (Å²) in [6, 6.07) is 0. The molecule has 0 saturated heterocycles. The third-order valence-corrected chi connectivity index (χ3v) is 2.07. The monoisotopic (exact) mass is 239 g/mol. The van der Waals surface area contributed by atoms with Gasteiger partial charge in [0, 0.05) is 6.54 Å². The Morgan fingerprint density at radius 2 is 2.12 bits per heavy atom. The smallest absolute Gasteiger partial charge is 0.262 e. The predicted octanol–water partition coefficient (Wildman–Crippen LogP) is 2.34. The molecule has 0 aliphatic rings. The summed E-state index contributed by atoms with van der Waals surface area (Å²) in [4.78, 5) is 8.24. The second kappa shape index (κ2) is 6.93. The SMILES string of the molecule is CCCNc1ncnc(OCC(C)C)c1OC. The molecule has 0 amide bonds. The van der Waals surface area contributed by atoms with Crippen molar-refractivity contribution in [2.75, 3.05) is 25.6 Å². The number of ether oxygens (including phenoxy) is 2. The molecule has 0 atom stereocenters. The molecule has 1 heterocycles. The van der Waals surface area contributed by atoms with Crippen molar-refractivity contribution in [3.05, 3.63) is 6.33 Å². The minimum atomic E-state index is 0.446. The van der Waals surface area contributed by atoms with Crippen molar-refractivity contribution in [1.82, 2.24) is 9.97 Å². The van der Waals surface area contributed by atoms with Gasteiger partial charge >= 0.3 is 0 Å². The highest BCUT2D eigenvalue weighted by atomic mass is 16.5. The summed E-state index contributed by atoms with van der Waals surface area (Å²) < 4.78 is 10.9. The number of aromatic nitrogens is 2. The normalized spacial score (nSPS) is 10.4. The van der Waals surface area contributed by atoms with Gasteiger partial charge < -0.3 is 14.8 Å². The van der Waals surface area contributed by atoms with E-state index >= 15 is 0 Å². The highest BCUT2D eigenvalue weighted by molar-refractivity contribution is 5.54. The summed E-state index contributed by atoms with van der Waals surface area (Å²) in [7, 11) is 1.60. The van der Waals surface area contributed by atoms with Crippen molar-refractivity contribution in [3.63, 3.8) is 0 Å². The minimum absolute atomic E-state index is 0.446. The molecular formula is C12H21N3O2. The lowest BCUT2D eigenvalue weighted by Crippen LogP contribution is -2.10. The first-order chi connectivity index (χ1) is 8.19. The minimum Gasteiger partial charge on any atom is -0.489 e. The van der Waals surface area contributed by atoms with E-state index in [1.807, 2.05) is 0 Å². The van der Waals surface area contributed by atoms with Crippen LogP contribution in [0.2, 0.25) is 0 Å². The van der Waals surface area contributed by atoms with E-state index in [2.05, 4.69) is 36.1 Å². The van der Waals surface area contributed by atoms with E-state index in [9.17, 15) is 0 Å². The van der Waals surface area contributed by atoms with Crippen molar-refractivity contribution < 1.29 is 9.47 Å². The van der Waals surface area contributed by atoms with Gasteiger partial charge in [-0.15, -0.1) is 0 Å². The van der Waals surface area contributed by atoms with Crippen LogP contribution >= 0.6 is 0 Å². The molecule has 5 nitrogen and oxygen atoms in total. The standard InChI is InChI=1S/C12H21N3O2/c1-5-6-13-11-10(16-4)12(15-8-14-11)17-7-9(2)3/h8-9H,5-7H2,1-4H3,(H,13,14,15). The first kappa shape index (κ1) is 13.5. The van der Waals surface area contributed by atoms with E-state index in [4.69, 9.17) is 9.47 Å². The number of methoxy groups -OCH3 is 1. The molecule has 0 unspecified atom stereocenters. The Morgan fingerprint density at radius 3 is 2.71 bits per heavy atom.